The summed E-state index contributed by atoms with van der Waals surface area (Å²) in [5.41, 5.74) is 2.98. The Hall–Kier alpha value is -2.36. The SMILES string of the molecule is CCc1ccccc1-n1cc2c(c1O)C=NC2=O. The maximum absolute atomic E-state index is 11.5. The van der Waals surface area contributed by atoms with Gasteiger partial charge in [-0.25, -0.2) is 4.99 Å². The number of para-hydroxylation sites is 1. The summed E-state index contributed by atoms with van der Waals surface area (Å²) < 4.78 is 1.65. The summed E-state index contributed by atoms with van der Waals surface area (Å²) in [6, 6.07) is 7.81. The van der Waals surface area contributed by atoms with Gasteiger partial charge in [0, 0.05) is 12.4 Å². The number of benzene rings is 1. The first-order valence-electron chi connectivity index (χ1n) is 5.83. The number of aliphatic imine (C=N–C) groups is 1. The molecule has 0 bridgehead atoms. The van der Waals surface area contributed by atoms with Crippen molar-refractivity contribution in [1.82, 2.24) is 4.57 Å². The number of nitrogens with zero attached hydrogens (tertiary/aromatic N) is 2. The fourth-order valence-corrected chi connectivity index (χ4v) is 2.23. The topological polar surface area (TPSA) is 54.6 Å². The molecule has 1 aromatic heterocycles. The van der Waals surface area contributed by atoms with Crippen molar-refractivity contribution in [2.45, 2.75) is 13.3 Å². The first-order valence-corrected chi connectivity index (χ1v) is 5.83. The third-order valence-electron chi connectivity index (χ3n) is 3.19. The second kappa shape index (κ2) is 3.84. The molecule has 0 saturated heterocycles. The van der Waals surface area contributed by atoms with Crippen LogP contribution in [0.25, 0.3) is 5.69 Å². The summed E-state index contributed by atoms with van der Waals surface area (Å²) in [5.74, 6) is -0.228. The molecule has 0 unspecified atom stereocenters. The van der Waals surface area contributed by atoms with Gasteiger partial charge in [-0.2, -0.15) is 0 Å². The number of carbonyl (C=O) groups excluding carboxylic acids is 1. The molecule has 1 aliphatic heterocycles. The average molecular weight is 240 g/mol. The van der Waals surface area contributed by atoms with Gasteiger partial charge >= 0.3 is 0 Å². The van der Waals surface area contributed by atoms with E-state index in [0.29, 0.717) is 11.1 Å². The molecule has 3 rings (SSSR count). The molecular formula is C14H12N2O2. The van der Waals surface area contributed by atoms with Crippen molar-refractivity contribution >= 4 is 12.1 Å². The van der Waals surface area contributed by atoms with Crippen LogP contribution in [0.1, 0.15) is 28.4 Å². The van der Waals surface area contributed by atoms with E-state index < -0.39 is 0 Å². The van der Waals surface area contributed by atoms with Crippen LogP contribution in [-0.4, -0.2) is 21.8 Å². The van der Waals surface area contributed by atoms with E-state index in [1.54, 1.807) is 10.8 Å². The van der Waals surface area contributed by atoms with E-state index >= 15 is 0 Å². The molecule has 0 saturated carbocycles. The Kier molecular flexibility index (Phi) is 2.30. The summed E-state index contributed by atoms with van der Waals surface area (Å²) in [6.07, 6.45) is 3.92. The van der Waals surface area contributed by atoms with Crippen LogP contribution in [-0.2, 0) is 6.42 Å². The molecule has 4 nitrogen and oxygen atoms in total. The number of fused-ring (bicyclic) bond motifs is 1. The van der Waals surface area contributed by atoms with E-state index in [0.717, 1.165) is 17.7 Å². The summed E-state index contributed by atoms with van der Waals surface area (Å²) in [5, 5.41) is 10.2. The standard InChI is InChI=1S/C14H12N2O2/c1-2-9-5-3-4-6-12(9)16-8-11-10(14(16)18)7-15-13(11)17/h3-8,18H,2H2,1H3. The quantitative estimate of drug-likeness (QED) is 0.875. The molecule has 2 aromatic rings. The number of hydrogen-bond donors (Lipinski definition) is 1. The Morgan fingerprint density at radius 2 is 2.11 bits per heavy atom. The Balaban J connectivity index is 2.22. The van der Waals surface area contributed by atoms with Gasteiger partial charge in [-0.15, -0.1) is 0 Å². The normalized spacial score (nSPS) is 13.1. The van der Waals surface area contributed by atoms with Gasteiger partial charge in [0.2, 0.25) is 5.88 Å². The van der Waals surface area contributed by atoms with Gasteiger partial charge in [-0.1, -0.05) is 25.1 Å². The minimum absolute atomic E-state index is 0.0699. The first-order chi connectivity index (χ1) is 8.72. The number of hydrogen-bond acceptors (Lipinski definition) is 2. The minimum atomic E-state index is -0.298. The lowest BCUT2D eigenvalue weighted by Gasteiger charge is -2.10. The fraction of sp³-hybridized carbons (Fsp3) is 0.143. The van der Waals surface area contributed by atoms with E-state index in [9.17, 15) is 9.90 Å². The predicted octanol–water partition coefficient (Wildman–Crippen LogP) is 2.32. The lowest BCUT2D eigenvalue weighted by Crippen LogP contribution is -1.98. The molecule has 0 atom stereocenters. The Bertz CT molecular complexity index is 668. The molecule has 0 fully saturated rings. The van der Waals surface area contributed by atoms with Gasteiger partial charge in [0.15, 0.2) is 0 Å². The highest BCUT2D eigenvalue weighted by Gasteiger charge is 2.24. The third-order valence-corrected chi connectivity index (χ3v) is 3.19. The van der Waals surface area contributed by atoms with Crippen LogP contribution in [0.5, 0.6) is 5.88 Å². The number of amides is 1. The highest BCUT2D eigenvalue weighted by Crippen LogP contribution is 2.31. The number of carbonyl (C=O) groups is 1. The lowest BCUT2D eigenvalue weighted by molar-refractivity contribution is 0.101. The van der Waals surface area contributed by atoms with Crippen LogP contribution >= 0.6 is 0 Å². The number of aromatic nitrogens is 1. The van der Waals surface area contributed by atoms with Gasteiger partial charge < -0.3 is 5.11 Å². The predicted molar refractivity (Wildman–Crippen MR) is 68.7 cm³/mol. The van der Waals surface area contributed by atoms with E-state index in [2.05, 4.69) is 11.9 Å². The molecule has 4 heteroatoms. The largest absolute Gasteiger partial charge is 0.494 e. The number of aryl methyl sites for hydroxylation is 1. The van der Waals surface area contributed by atoms with Gasteiger partial charge in [-0.05, 0) is 18.1 Å². The maximum Gasteiger partial charge on any atom is 0.279 e. The Morgan fingerprint density at radius 3 is 2.83 bits per heavy atom. The molecule has 2 heterocycles. The summed E-state index contributed by atoms with van der Waals surface area (Å²) in [6.45, 7) is 2.06. The zero-order valence-electron chi connectivity index (χ0n) is 9.92. The highest BCUT2D eigenvalue weighted by atomic mass is 16.3. The van der Waals surface area contributed by atoms with Crippen molar-refractivity contribution in [2.24, 2.45) is 4.99 Å². The second-order valence-corrected chi connectivity index (χ2v) is 4.20. The molecule has 90 valence electrons. The molecule has 0 radical (unpaired) electrons. The van der Waals surface area contributed by atoms with Crippen LogP contribution in [0.3, 0.4) is 0 Å². The van der Waals surface area contributed by atoms with Crippen LogP contribution in [0.15, 0.2) is 35.5 Å². The number of rotatable bonds is 2. The van der Waals surface area contributed by atoms with E-state index in [4.69, 9.17) is 0 Å². The number of aromatic hydroxyl groups is 1. The van der Waals surface area contributed by atoms with Gasteiger partial charge in [0.25, 0.3) is 5.91 Å². The summed E-state index contributed by atoms with van der Waals surface area (Å²) >= 11 is 0. The molecule has 0 aliphatic carbocycles. The van der Waals surface area contributed by atoms with Crippen molar-refractivity contribution in [3.63, 3.8) is 0 Å². The maximum atomic E-state index is 11.5. The lowest BCUT2D eigenvalue weighted by atomic mass is 10.1. The Morgan fingerprint density at radius 1 is 1.33 bits per heavy atom. The van der Waals surface area contributed by atoms with E-state index in [1.165, 1.54) is 6.21 Å². The second-order valence-electron chi connectivity index (χ2n) is 4.20. The van der Waals surface area contributed by atoms with Crippen molar-refractivity contribution in [1.29, 1.82) is 0 Å². The van der Waals surface area contributed by atoms with Crippen molar-refractivity contribution in [2.75, 3.05) is 0 Å². The molecule has 1 amide bonds. The molecule has 18 heavy (non-hydrogen) atoms. The third kappa shape index (κ3) is 1.39. The molecule has 0 spiro atoms. The van der Waals surface area contributed by atoms with Crippen LogP contribution in [0.4, 0.5) is 0 Å². The molecular weight excluding hydrogens is 228 g/mol. The van der Waals surface area contributed by atoms with Crippen LogP contribution < -0.4 is 0 Å². The average Bonchev–Trinajstić information content (AvgIpc) is 2.91. The summed E-state index contributed by atoms with van der Waals surface area (Å²) in [7, 11) is 0. The molecule has 1 aliphatic rings. The molecule has 1 N–H and O–H groups in total. The van der Waals surface area contributed by atoms with Crippen LogP contribution in [0, 0.1) is 0 Å². The highest BCUT2D eigenvalue weighted by molar-refractivity contribution is 6.14. The Labute approximate surface area is 104 Å². The zero-order valence-corrected chi connectivity index (χ0v) is 9.92. The summed E-state index contributed by atoms with van der Waals surface area (Å²) in [4.78, 5) is 15.2. The monoisotopic (exact) mass is 240 g/mol. The first kappa shape index (κ1) is 10.8. The zero-order chi connectivity index (χ0) is 12.7. The van der Waals surface area contributed by atoms with Crippen LogP contribution in [0.2, 0.25) is 0 Å². The minimum Gasteiger partial charge on any atom is -0.494 e. The fourth-order valence-electron chi connectivity index (χ4n) is 2.23. The molecule has 1 aromatic carbocycles. The smallest absolute Gasteiger partial charge is 0.279 e. The van der Waals surface area contributed by atoms with Crippen molar-refractivity contribution in [3.8, 4) is 11.6 Å². The van der Waals surface area contributed by atoms with Gasteiger partial charge in [0.1, 0.15) is 0 Å². The van der Waals surface area contributed by atoms with Gasteiger partial charge in [0.05, 0.1) is 16.8 Å². The van der Waals surface area contributed by atoms with E-state index in [-0.39, 0.29) is 11.8 Å². The van der Waals surface area contributed by atoms with Crippen molar-refractivity contribution < 1.29 is 9.90 Å². The van der Waals surface area contributed by atoms with E-state index in [1.807, 2.05) is 24.3 Å². The van der Waals surface area contributed by atoms with Gasteiger partial charge in [-0.3, -0.25) is 9.36 Å². The van der Waals surface area contributed by atoms with Crippen molar-refractivity contribution in [3.05, 3.63) is 47.2 Å².